The quantitative estimate of drug-likeness (QED) is 0.356. The molecule has 4 atom stereocenters. The number of hydrogen-bond acceptors (Lipinski definition) is 3. The summed E-state index contributed by atoms with van der Waals surface area (Å²) >= 11 is 5.62. The Labute approximate surface area is 112 Å². The monoisotopic (exact) mass is 329 g/mol. The summed E-state index contributed by atoms with van der Waals surface area (Å²) in [4.78, 5) is 14.3. The van der Waals surface area contributed by atoms with Crippen molar-refractivity contribution in [2.45, 2.75) is 41.8 Å². The van der Waals surface area contributed by atoms with Gasteiger partial charge in [0, 0.05) is 0 Å². The predicted molar refractivity (Wildman–Crippen MR) is 50.2 cm³/mol. The van der Waals surface area contributed by atoms with Crippen molar-refractivity contribution in [3.63, 3.8) is 0 Å². The molecule has 2 N–H and O–H groups in total. The number of rotatable bonds is 2. The molecule has 1 aliphatic carbocycles. The number of halogens is 7. The Bertz CT molecular complexity index is 413. The molecular weight excluding hydrogens is 322 g/mol. The Balaban J connectivity index is 2.37. The van der Waals surface area contributed by atoms with Crippen LogP contribution in [0.15, 0.2) is 0 Å². The summed E-state index contributed by atoms with van der Waals surface area (Å²) < 4.78 is 77.7. The zero-order valence-electron chi connectivity index (χ0n) is 9.41. The van der Waals surface area contributed by atoms with Crippen molar-refractivity contribution in [2.75, 3.05) is 0 Å². The van der Waals surface area contributed by atoms with Crippen molar-refractivity contribution in [1.29, 1.82) is 0 Å². The molecule has 1 aliphatic heterocycles. The fraction of sp³-hybridized carbons (Fsp3) is 1.00. The lowest BCUT2D eigenvalue weighted by molar-refractivity contribution is -0.831. The Morgan fingerprint density at radius 3 is 2.05 bits per heavy atom. The van der Waals surface area contributed by atoms with E-state index in [1.54, 1.807) is 0 Å². The molecule has 20 heavy (non-hydrogen) atoms. The molecule has 116 valence electrons. The second-order valence-corrected chi connectivity index (χ2v) is 5.27. The van der Waals surface area contributed by atoms with Crippen molar-refractivity contribution in [3.8, 4) is 0 Å². The third kappa shape index (κ3) is 1.90. The number of alkyl halides is 7. The van der Waals surface area contributed by atoms with Crippen molar-refractivity contribution < 1.29 is 41.6 Å². The molecule has 1 saturated carbocycles. The largest absolute Gasteiger partial charge is 0.454 e. The first-order valence-electron chi connectivity index (χ1n) is 5.36. The van der Waals surface area contributed by atoms with Gasteiger partial charge in [-0.05, 0) is 6.42 Å². The fourth-order valence-electron chi connectivity index (χ4n) is 3.07. The van der Waals surface area contributed by atoms with Crippen LogP contribution in [-0.2, 0) is 4.84 Å². The third-order valence-corrected chi connectivity index (χ3v) is 4.46. The van der Waals surface area contributed by atoms with E-state index >= 15 is 0 Å². The maximum Gasteiger partial charge on any atom is 0.454 e. The second-order valence-electron chi connectivity index (χ2n) is 4.76. The standard InChI is InChI=1S/C8H7ClF6N2O3/c9-4-2-1-3(20-17(18)19)5(4)16-6(2,7(10,11)12)8(13,14)15/h2-5,16H,1H2/p+1/t2-,3-,4+,5+/m1/s1. The summed E-state index contributed by atoms with van der Waals surface area (Å²) in [5.74, 6) is -2.03. The first kappa shape index (κ1) is 15.4. The van der Waals surface area contributed by atoms with Crippen LogP contribution in [0.3, 0.4) is 0 Å². The Kier molecular flexibility index (Phi) is 3.29. The lowest BCUT2D eigenvalue weighted by atomic mass is 9.82. The maximum atomic E-state index is 12.9. The van der Waals surface area contributed by atoms with E-state index in [2.05, 4.69) is 4.84 Å². The number of nitrogens with zero attached hydrogens (tertiary/aromatic N) is 1. The molecule has 0 aromatic rings. The molecule has 12 heteroatoms. The number of nitrogens with two attached hydrogens (primary N) is 1. The number of hydrogen-bond donors (Lipinski definition) is 1. The molecule has 1 heterocycles. The molecule has 2 aliphatic rings. The Morgan fingerprint density at radius 1 is 1.25 bits per heavy atom. The molecule has 5 nitrogen and oxygen atoms in total. The van der Waals surface area contributed by atoms with Crippen LogP contribution in [0.25, 0.3) is 0 Å². The van der Waals surface area contributed by atoms with E-state index in [9.17, 15) is 36.5 Å². The van der Waals surface area contributed by atoms with Crippen LogP contribution in [-0.4, -0.2) is 40.5 Å². The minimum Gasteiger partial charge on any atom is -0.320 e. The molecule has 0 aromatic heterocycles. The van der Waals surface area contributed by atoms with Gasteiger partial charge in [-0.25, -0.2) is 0 Å². The highest BCUT2D eigenvalue weighted by Gasteiger charge is 2.86. The molecular formula is C8H8ClF6N2O3+. The third-order valence-electron chi connectivity index (χ3n) is 3.87. The molecule has 2 bridgehead atoms. The highest BCUT2D eigenvalue weighted by Crippen LogP contribution is 2.54. The van der Waals surface area contributed by atoms with E-state index in [0.29, 0.717) is 0 Å². The summed E-state index contributed by atoms with van der Waals surface area (Å²) in [5, 5.41) is 7.44. The summed E-state index contributed by atoms with van der Waals surface area (Å²) in [6.45, 7) is 0. The van der Waals surface area contributed by atoms with Gasteiger partial charge in [0.15, 0.2) is 6.10 Å². The first-order chi connectivity index (χ1) is 8.92. The van der Waals surface area contributed by atoms with Crippen LogP contribution < -0.4 is 5.32 Å². The van der Waals surface area contributed by atoms with Gasteiger partial charge in [-0.3, -0.25) is 0 Å². The molecule has 0 unspecified atom stereocenters. The fourth-order valence-corrected chi connectivity index (χ4v) is 3.60. The van der Waals surface area contributed by atoms with Crippen molar-refractivity contribution in [2.24, 2.45) is 5.92 Å². The molecule has 0 aromatic carbocycles. The lowest BCUT2D eigenvalue weighted by Gasteiger charge is -2.38. The van der Waals surface area contributed by atoms with E-state index in [1.165, 1.54) is 0 Å². The molecule has 2 fully saturated rings. The summed E-state index contributed by atoms with van der Waals surface area (Å²) in [7, 11) is 0. The van der Waals surface area contributed by atoms with Gasteiger partial charge in [-0.15, -0.1) is 21.7 Å². The van der Waals surface area contributed by atoms with Gasteiger partial charge in [0.25, 0.3) is 10.6 Å². The number of fused-ring (bicyclic) bond motifs is 2. The van der Waals surface area contributed by atoms with Crippen LogP contribution in [0.2, 0.25) is 0 Å². The van der Waals surface area contributed by atoms with Gasteiger partial charge in [0.2, 0.25) is 0 Å². The van der Waals surface area contributed by atoms with Gasteiger partial charge in [0.05, 0.1) is 11.3 Å². The van der Waals surface area contributed by atoms with Crippen LogP contribution in [0.5, 0.6) is 0 Å². The van der Waals surface area contributed by atoms with Crippen molar-refractivity contribution in [1.82, 2.24) is 0 Å². The molecule has 2 rings (SSSR count). The van der Waals surface area contributed by atoms with Gasteiger partial charge < -0.3 is 10.2 Å². The lowest BCUT2D eigenvalue weighted by Crippen LogP contribution is -3.07. The van der Waals surface area contributed by atoms with E-state index < -0.39 is 52.8 Å². The number of piperidine rings is 1. The van der Waals surface area contributed by atoms with Crippen LogP contribution in [0.1, 0.15) is 6.42 Å². The van der Waals surface area contributed by atoms with Crippen molar-refractivity contribution in [3.05, 3.63) is 10.1 Å². The van der Waals surface area contributed by atoms with E-state index in [4.69, 9.17) is 11.6 Å². The molecule has 0 radical (unpaired) electrons. The normalized spacial score (nSPS) is 36.1. The first-order valence-corrected chi connectivity index (χ1v) is 5.80. The maximum absolute atomic E-state index is 12.9. The van der Waals surface area contributed by atoms with Gasteiger partial charge >= 0.3 is 12.4 Å². The zero-order valence-corrected chi connectivity index (χ0v) is 10.2. The Hall–Kier alpha value is -0.970. The molecule has 0 amide bonds. The Morgan fingerprint density at radius 2 is 1.75 bits per heavy atom. The average molecular weight is 330 g/mol. The zero-order chi connectivity index (χ0) is 15.5. The van der Waals surface area contributed by atoms with Gasteiger partial charge in [-0.2, -0.15) is 26.3 Å². The number of quaternary nitrogens is 1. The van der Waals surface area contributed by atoms with Crippen molar-refractivity contribution >= 4 is 11.6 Å². The second kappa shape index (κ2) is 4.26. The topological polar surface area (TPSA) is 69.0 Å². The van der Waals surface area contributed by atoms with Gasteiger partial charge in [-0.1, -0.05) is 0 Å². The summed E-state index contributed by atoms with van der Waals surface area (Å²) in [6.07, 6.45) is -13.3. The average Bonchev–Trinajstić information content (AvgIpc) is 2.66. The molecule has 1 saturated heterocycles. The summed E-state index contributed by atoms with van der Waals surface area (Å²) in [5.41, 5.74) is -4.03. The minimum atomic E-state index is -5.57. The highest BCUT2D eigenvalue weighted by molar-refractivity contribution is 6.21. The van der Waals surface area contributed by atoms with E-state index in [-0.39, 0.29) is 5.32 Å². The van der Waals surface area contributed by atoms with E-state index in [0.717, 1.165) is 0 Å². The smallest absolute Gasteiger partial charge is 0.320 e. The van der Waals surface area contributed by atoms with E-state index in [1.807, 2.05) is 0 Å². The SMILES string of the molecule is O=[N+]([O-])O[C@@H]1C[C@@H]2[C@H](Cl)[C@H]1[NH2+]C2(C(F)(F)F)C(F)(F)F. The van der Waals surface area contributed by atoms with Crippen LogP contribution in [0.4, 0.5) is 26.3 Å². The molecule has 0 spiro atoms. The van der Waals surface area contributed by atoms with Gasteiger partial charge in [0.1, 0.15) is 6.04 Å². The van der Waals surface area contributed by atoms with Crippen LogP contribution in [0, 0.1) is 16.0 Å². The van der Waals surface area contributed by atoms with Crippen LogP contribution >= 0.6 is 11.6 Å². The highest BCUT2D eigenvalue weighted by atomic mass is 35.5. The minimum absolute atomic E-state index is 0.0208. The summed E-state index contributed by atoms with van der Waals surface area (Å²) in [6, 6.07) is -1.48. The predicted octanol–water partition coefficient (Wildman–Crippen LogP) is 1.000.